The van der Waals surface area contributed by atoms with Crippen molar-refractivity contribution in [1.82, 2.24) is 5.32 Å². The lowest BCUT2D eigenvalue weighted by molar-refractivity contribution is 0.0944. The Morgan fingerprint density at radius 3 is 2.84 bits per heavy atom. The summed E-state index contributed by atoms with van der Waals surface area (Å²) in [6, 6.07) is 6.28. The molecule has 1 aromatic rings. The van der Waals surface area contributed by atoms with Crippen molar-refractivity contribution in [3.63, 3.8) is 0 Å². The molecule has 2 fully saturated rings. The Bertz CT molecular complexity index is 468. The van der Waals surface area contributed by atoms with Gasteiger partial charge in [-0.3, -0.25) is 0 Å². The minimum atomic E-state index is 0. The number of hydrogen-bond donors (Lipinski definition) is 1. The number of methoxy groups -OCH3 is 1. The number of rotatable bonds is 3. The van der Waals surface area contributed by atoms with Gasteiger partial charge in [-0.05, 0) is 43.0 Å². The summed E-state index contributed by atoms with van der Waals surface area (Å²) in [5.41, 5.74) is 1.49. The van der Waals surface area contributed by atoms with Crippen LogP contribution in [0, 0.1) is 11.3 Å². The molecule has 0 aromatic heterocycles. The van der Waals surface area contributed by atoms with Gasteiger partial charge in [0, 0.05) is 18.6 Å². The molecule has 1 aromatic carbocycles. The predicted molar refractivity (Wildman–Crippen MR) is 81.5 cm³/mol. The number of halogens is 3. The Morgan fingerprint density at radius 2 is 2.16 bits per heavy atom. The molecule has 1 saturated heterocycles. The molecular weight excluding hydrogens is 305 g/mol. The molecule has 106 valence electrons. The van der Waals surface area contributed by atoms with E-state index in [4.69, 9.17) is 27.9 Å². The molecule has 0 amide bonds. The molecule has 0 spiro atoms. The first-order valence-electron chi connectivity index (χ1n) is 6.34. The highest BCUT2D eigenvalue weighted by Gasteiger charge is 2.60. The largest absolute Gasteiger partial charge is 0.384 e. The zero-order valence-electron chi connectivity index (χ0n) is 10.8. The van der Waals surface area contributed by atoms with Gasteiger partial charge in [0.1, 0.15) is 0 Å². The monoisotopic (exact) mass is 321 g/mol. The fourth-order valence-corrected chi connectivity index (χ4v) is 3.73. The maximum atomic E-state index is 6.13. The van der Waals surface area contributed by atoms with Gasteiger partial charge in [-0.15, -0.1) is 12.4 Å². The van der Waals surface area contributed by atoms with E-state index in [1.54, 1.807) is 7.11 Å². The van der Waals surface area contributed by atoms with Gasteiger partial charge in [0.2, 0.25) is 0 Å². The second kappa shape index (κ2) is 5.79. The quantitative estimate of drug-likeness (QED) is 0.904. The van der Waals surface area contributed by atoms with E-state index in [-0.39, 0.29) is 17.8 Å². The van der Waals surface area contributed by atoms with Gasteiger partial charge in [-0.25, -0.2) is 0 Å². The van der Waals surface area contributed by atoms with Crippen molar-refractivity contribution in [1.29, 1.82) is 0 Å². The molecule has 19 heavy (non-hydrogen) atoms. The van der Waals surface area contributed by atoms with Crippen LogP contribution >= 0.6 is 35.6 Å². The third-order valence-corrected chi connectivity index (χ3v) is 5.12. The van der Waals surface area contributed by atoms with E-state index in [0.717, 1.165) is 19.1 Å². The molecule has 1 aliphatic carbocycles. The van der Waals surface area contributed by atoms with Crippen LogP contribution in [0.25, 0.3) is 0 Å². The first-order chi connectivity index (χ1) is 8.67. The van der Waals surface area contributed by atoms with Crippen molar-refractivity contribution >= 4 is 35.6 Å². The van der Waals surface area contributed by atoms with Crippen LogP contribution < -0.4 is 5.32 Å². The van der Waals surface area contributed by atoms with Crippen molar-refractivity contribution in [2.75, 3.05) is 20.3 Å². The maximum absolute atomic E-state index is 6.13. The average molecular weight is 323 g/mol. The van der Waals surface area contributed by atoms with Crippen LogP contribution in [0.15, 0.2) is 18.2 Å². The van der Waals surface area contributed by atoms with Gasteiger partial charge in [-0.2, -0.15) is 0 Å². The summed E-state index contributed by atoms with van der Waals surface area (Å²) in [4.78, 5) is 0. The van der Waals surface area contributed by atoms with E-state index in [1.165, 1.54) is 18.4 Å². The van der Waals surface area contributed by atoms with Crippen LogP contribution in [-0.4, -0.2) is 20.3 Å². The molecule has 2 nitrogen and oxygen atoms in total. The van der Waals surface area contributed by atoms with Crippen molar-refractivity contribution in [2.24, 2.45) is 11.3 Å². The summed E-state index contributed by atoms with van der Waals surface area (Å²) in [5, 5.41) is 4.86. The second-order valence-corrected chi connectivity index (χ2v) is 6.23. The molecule has 1 heterocycles. The summed E-state index contributed by atoms with van der Waals surface area (Å²) in [7, 11) is 1.78. The van der Waals surface area contributed by atoms with Crippen molar-refractivity contribution in [3.8, 4) is 0 Å². The van der Waals surface area contributed by atoms with Gasteiger partial charge in [-0.1, -0.05) is 29.3 Å². The fraction of sp³-hybridized carbons (Fsp3) is 0.571. The number of ether oxygens (including phenoxy) is 1. The minimum absolute atomic E-state index is 0. The summed E-state index contributed by atoms with van der Waals surface area (Å²) >= 11 is 12.1. The van der Waals surface area contributed by atoms with Crippen LogP contribution in [0.1, 0.15) is 24.4 Å². The molecule has 5 heteroatoms. The lowest BCUT2D eigenvalue weighted by atomic mass is 9.85. The second-order valence-electron chi connectivity index (χ2n) is 5.42. The number of fused-ring (bicyclic) bond motifs is 1. The number of nitrogens with one attached hydrogen (secondary N) is 1. The standard InChI is InChI=1S/C14H17Cl2NO.ClH/c1-18-8-14-7-10(14)4-5-17-13(14)9-2-3-11(15)12(16)6-9;/h2-3,6,10,13,17H,4-5,7-8H2,1H3;1H/t10-,13?,14-;/m0./s1. The third kappa shape index (κ3) is 2.62. The Labute approximate surface area is 130 Å². The normalized spacial score (nSPS) is 32.4. The summed E-state index contributed by atoms with van der Waals surface area (Å²) in [6.07, 6.45) is 2.50. The van der Waals surface area contributed by atoms with Gasteiger partial charge < -0.3 is 10.1 Å². The summed E-state index contributed by atoms with van der Waals surface area (Å²) in [6.45, 7) is 1.89. The van der Waals surface area contributed by atoms with Crippen molar-refractivity contribution in [3.05, 3.63) is 33.8 Å². The van der Waals surface area contributed by atoms with Gasteiger partial charge in [0.15, 0.2) is 0 Å². The highest BCUT2D eigenvalue weighted by atomic mass is 35.5. The molecule has 0 bridgehead atoms. The van der Waals surface area contributed by atoms with Crippen LogP contribution in [0.3, 0.4) is 0 Å². The fourth-order valence-electron chi connectivity index (χ4n) is 3.42. The Hall–Kier alpha value is 0.01000. The predicted octanol–water partition coefficient (Wildman–Crippen LogP) is 4.10. The van der Waals surface area contributed by atoms with E-state index < -0.39 is 0 Å². The molecule has 1 N–H and O–H groups in total. The zero-order valence-corrected chi connectivity index (χ0v) is 13.1. The van der Waals surface area contributed by atoms with E-state index in [2.05, 4.69) is 11.4 Å². The van der Waals surface area contributed by atoms with E-state index in [9.17, 15) is 0 Å². The summed E-state index contributed by atoms with van der Waals surface area (Å²) < 4.78 is 5.43. The lowest BCUT2D eigenvalue weighted by Gasteiger charge is -2.33. The first kappa shape index (κ1) is 15.4. The first-order valence-corrected chi connectivity index (χ1v) is 7.10. The lowest BCUT2D eigenvalue weighted by Crippen LogP contribution is -2.38. The number of benzene rings is 1. The molecule has 1 aliphatic heterocycles. The van der Waals surface area contributed by atoms with Gasteiger partial charge >= 0.3 is 0 Å². The maximum Gasteiger partial charge on any atom is 0.0595 e. The van der Waals surface area contributed by atoms with Gasteiger partial charge in [0.25, 0.3) is 0 Å². The smallest absolute Gasteiger partial charge is 0.0595 e. The highest BCUT2D eigenvalue weighted by molar-refractivity contribution is 6.42. The Balaban J connectivity index is 0.00000133. The Kier molecular flexibility index (Phi) is 4.69. The van der Waals surface area contributed by atoms with E-state index >= 15 is 0 Å². The molecule has 3 atom stereocenters. The molecule has 1 unspecified atom stereocenters. The SMILES string of the molecule is COC[C@@]12C[C@@H]1CCNC2c1ccc(Cl)c(Cl)c1.Cl. The van der Waals surface area contributed by atoms with Crippen LogP contribution in [-0.2, 0) is 4.74 Å². The zero-order chi connectivity index (χ0) is 12.8. The molecule has 3 rings (SSSR count). The topological polar surface area (TPSA) is 21.3 Å². The molecular formula is C14H18Cl3NO. The third-order valence-electron chi connectivity index (χ3n) is 4.39. The van der Waals surface area contributed by atoms with E-state index in [0.29, 0.717) is 16.1 Å². The van der Waals surface area contributed by atoms with Crippen molar-refractivity contribution in [2.45, 2.75) is 18.9 Å². The van der Waals surface area contributed by atoms with Gasteiger partial charge in [0.05, 0.1) is 16.7 Å². The van der Waals surface area contributed by atoms with Crippen molar-refractivity contribution < 1.29 is 4.74 Å². The molecule has 1 saturated carbocycles. The number of piperidine rings is 1. The van der Waals surface area contributed by atoms with Crippen LogP contribution in [0.5, 0.6) is 0 Å². The number of hydrogen-bond acceptors (Lipinski definition) is 2. The highest BCUT2D eigenvalue weighted by Crippen LogP contribution is 2.63. The van der Waals surface area contributed by atoms with Crippen LogP contribution in [0.2, 0.25) is 10.0 Å². The minimum Gasteiger partial charge on any atom is -0.384 e. The molecule has 0 radical (unpaired) electrons. The van der Waals surface area contributed by atoms with Crippen LogP contribution in [0.4, 0.5) is 0 Å². The molecule has 2 aliphatic rings. The Morgan fingerprint density at radius 1 is 1.37 bits per heavy atom. The average Bonchev–Trinajstić information content (AvgIpc) is 3.07. The summed E-state index contributed by atoms with van der Waals surface area (Å²) in [5.74, 6) is 0.790. The van der Waals surface area contributed by atoms with E-state index in [1.807, 2.05) is 12.1 Å².